The summed E-state index contributed by atoms with van der Waals surface area (Å²) >= 11 is 0. The van der Waals surface area contributed by atoms with E-state index in [2.05, 4.69) is 13.5 Å². The molecule has 82 valence electrons. The lowest BCUT2D eigenvalue weighted by molar-refractivity contribution is -0.122. The van der Waals surface area contributed by atoms with Crippen molar-refractivity contribution in [3.05, 3.63) is 24.0 Å². The fraction of sp³-hybridized carbons (Fsp3) is 0.615. The van der Waals surface area contributed by atoms with Crippen LogP contribution in [-0.4, -0.2) is 11.9 Å². The van der Waals surface area contributed by atoms with Crippen LogP contribution in [-0.2, 0) is 9.53 Å². The highest BCUT2D eigenvalue weighted by molar-refractivity contribution is 6.01. The zero-order valence-electron chi connectivity index (χ0n) is 9.67. The number of carbonyl (C=O) groups excluding carboxylic acids is 1. The third kappa shape index (κ3) is 1.52. The molecule has 0 amide bonds. The number of Topliss-reactive ketones (excluding diaryl/α,β-unsaturated/α-hetero) is 1. The second-order valence-corrected chi connectivity index (χ2v) is 5.14. The van der Waals surface area contributed by atoms with Crippen molar-refractivity contribution in [3.8, 4) is 0 Å². The van der Waals surface area contributed by atoms with Gasteiger partial charge in [-0.3, -0.25) is 4.79 Å². The maximum absolute atomic E-state index is 12.1. The first kappa shape index (κ1) is 10.5. The Kier molecular flexibility index (Phi) is 2.25. The molecule has 2 aliphatic carbocycles. The number of hydrogen-bond donors (Lipinski definition) is 0. The van der Waals surface area contributed by atoms with Gasteiger partial charge in [0.15, 0.2) is 5.76 Å². The Bertz CT molecular complexity index is 352. The Morgan fingerprint density at radius 1 is 1.60 bits per heavy atom. The van der Waals surface area contributed by atoms with Crippen LogP contribution in [0.3, 0.4) is 0 Å². The lowest BCUT2D eigenvalue weighted by Crippen LogP contribution is -2.22. The van der Waals surface area contributed by atoms with E-state index in [0.717, 1.165) is 18.4 Å². The van der Waals surface area contributed by atoms with Gasteiger partial charge in [-0.05, 0) is 32.8 Å². The largest absolute Gasteiger partial charge is 0.488 e. The van der Waals surface area contributed by atoms with Crippen molar-refractivity contribution >= 4 is 5.78 Å². The van der Waals surface area contributed by atoms with Crippen molar-refractivity contribution in [2.24, 2.45) is 11.3 Å². The van der Waals surface area contributed by atoms with Gasteiger partial charge in [-0.1, -0.05) is 19.1 Å². The van der Waals surface area contributed by atoms with Crippen molar-refractivity contribution < 1.29 is 9.53 Å². The van der Waals surface area contributed by atoms with Crippen LogP contribution >= 0.6 is 0 Å². The zero-order valence-corrected chi connectivity index (χ0v) is 9.67. The lowest BCUT2D eigenvalue weighted by atomic mass is 9.82. The Labute approximate surface area is 91.0 Å². The summed E-state index contributed by atoms with van der Waals surface area (Å²) < 4.78 is 5.54. The van der Waals surface area contributed by atoms with Gasteiger partial charge in [0.25, 0.3) is 0 Å². The second-order valence-electron chi connectivity index (χ2n) is 5.14. The summed E-state index contributed by atoms with van der Waals surface area (Å²) in [4.78, 5) is 12.1. The smallest absolute Gasteiger partial charge is 0.204 e. The number of ketones is 1. The van der Waals surface area contributed by atoms with Crippen LogP contribution < -0.4 is 0 Å². The molecule has 2 aliphatic rings. The molecule has 0 saturated heterocycles. The topological polar surface area (TPSA) is 26.3 Å². The average molecular weight is 206 g/mol. The van der Waals surface area contributed by atoms with Gasteiger partial charge in [0.1, 0.15) is 0 Å². The van der Waals surface area contributed by atoms with Crippen LogP contribution in [0.4, 0.5) is 0 Å². The number of allylic oxidation sites excluding steroid dienone is 3. The Morgan fingerprint density at radius 3 is 2.80 bits per heavy atom. The minimum atomic E-state index is -0.0294. The highest BCUT2D eigenvalue weighted by atomic mass is 16.5. The molecule has 0 aromatic carbocycles. The van der Waals surface area contributed by atoms with E-state index in [0.29, 0.717) is 5.76 Å². The van der Waals surface area contributed by atoms with E-state index in [4.69, 9.17) is 4.74 Å². The van der Waals surface area contributed by atoms with Crippen LogP contribution in [0.5, 0.6) is 0 Å². The number of carbonyl (C=O) groups is 1. The monoisotopic (exact) mass is 206 g/mol. The molecule has 2 heteroatoms. The van der Waals surface area contributed by atoms with Crippen LogP contribution in [0, 0.1) is 11.3 Å². The first-order chi connectivity index (χ1) is 6.94. The molecule has 1 saturated carbocycles. The molecule has 2 rings (SSSR count). The predicted octanol–water partition coefficient (Wildman–Crippen LogP) is 2.85. The van der Waals surface area contributed by atoms with Gasteiger partial charge in [-0.25, -0.2) is 0 Å². The van der Waals surface area contributed by atoms with Gasteiger partial charge >= 0.3 is 0 Å². The maximum Gasteiger partial charge on any atom is 0.204 e. The number of hydrogen-bond acceptors (Lipinski definition) is 2. The minimum absolute atomic E-state index is 0.0220. The second kappa shape index (κ2) is 3.22. The van der Waals surface area contributed by atoms with E-state index < -0.39 is 0 Å². The molecule has 0 aromatic rings. The fourth-order valence-electron chi connectivity index (χ4n) is 2.68. The van der Waals surface area contributed by atoms with E-state index in [1.165, 1.54) is 0 Å². The average Bonchev–Trinajstić information content (AvgIpc) is 2.51. The van der Waals surface area contributed by atoms with Crippen molar-refractivity contribution in [2.45, 2.75) is 39.7 Å². The van der Waals surface area contributed by atoms with Gasteiger partial charge in [-0.2, -0.15) is 0 Å². The molecule has 0 aromatic heterocycles. The summed E-state index contributed by atoms with van der Waals surface area (Å²) in [5, 5.41) is 0. The van der Waals surface area contributed by atoms with E-state index in [-0.39, 0.29) is 23.2 Å². The predicted molar refractivity (Wildman–Crippen MR) is 59.3 cm³/mol. The molecule has 0 N–H and O–H groups in total. The molecule has 0 heterocycles. The van der Waals surface area contributed by atoms with Gasteiger partial charge in [0.05, 0.1) is 12.0 Å². The van der Waals surface area contributed by atoms with Crippen LogP contribution in [0.25, 0.3) is 0 Å². The first-order valence-corrected chi connectivity index (χ1v) is 5.55. The summed E-state index contributed by atoms with van der Waals surface area (Å²) in [6.07, 6.45) is 4.07. The minimum Gasteiger partial charge on any atom is -0.488 e. The Balaban J connectivity index is 2.28. The Morgan fingerprint density at radius 2 is 2.27 bits per heavy atom. The molecule has 0 aliphatic heterocycles. The molecule has 0 bridgehead atoms. The van der Waals surface area contributed by atoms with Gasteiger partial charge in [0, 0.05) is 5.41 Å². The SMILES string of the molecule is C=C1CC[C@]2(C)C=C(OC(C)C)C(=O)[C@H]12. The fourth-order valence-corrected chi connectivity index (χ4v) is 2.68. The molecule has 1 fully saturated rings. The molecule has 15 heavy (non-hydrogen) atoms. The maximum atomic E-state index is 12.1. The van der Waals surface area contributed by atoms with Crippen molar-refractivity contribution in [3.63, 3.8) is 0 Å². The standard InChI is InChI=1S/C13H18O2/c1-8(2)15-10-7-13(4)6-5-9(3)11(13)12(10)14/h7-8,11H,3,5-6H2,1-2,4H3/t11-,13+/m0/s1. The van der Waals surface area contributed by atoms with Crippen LogP contribution in [0.15, 0.2) is 24.0 Å². The summed E-state index contributed by atoms with van der Waals surface area (Å²) in [7, 11) is 0. The first-order valence-electron chi connectivity index (χ1n) is 5.55. The van der Waals surface area contributed by atoms with Crippen LogP contribution in [0.2, 0.25) is 0 Å². The highest BCUT2D eigenvalue weighted by Gasteiger charge is 2.50. The van der Waals surface area contributed by atoms with E-state index in [9.17, 15) is 4.79 Å². The summed E-state index contributed by atoms with van der Waals surface area (Å²) in [6.45, 7) is 10.0. The normalized spacial score (nSPS) is 34.7. The lowest BCUT2D eigenvalue weighted by Gasteiger charge is -2.19. The van der Waals surface area contributed by atoms with E-state index in [1.54, 1.807) is 0 Å². The summed E-state index contributed by atoms with van der Waals surface area (Å²) in [5.41, 5.74) is 1.04. The quantitative estimate of drug-likeness (QED) is 0.649. The molecule has 2 atom stereocenters. The Hall–Kier alpha value is -1.05. The van der Waals surface area contributed by atoms with Crippen LogP contribution in [0.1, 0.15) is 33.6 Å². The zero-order chi connectivity index (χ0) is 11.2. The third-order valence-electron chi connectivity index (χ3n) is 3.38. The summed E-state index contributed by atoms with van der Waals surface area (Å²) in [6, 6.07) is 0. The van der Waals surface area contributed by atoms with Gasteiger partial charge < -0.3 is 4.74 Å². The molecule has 2 nitrogen and oxygen atoms in total. The molecule has 0 spiro atoms. The molecule has 0 radical (unpaired) electrons. The molecule has 0 unspecified atom stereocenters. The third-order valence-corrected chi connectivity index (χ3v) is 3.38. The van der Waals surface area contributed by atoms with Crippen molar-refractivity contribution in [1.29, 1.82) is 0 Å². The van der Waals surface area contributed by atoms with Gasteiger partial charge in [0.2, 0.25) is 5.78 Å². The molecular formula is C13H18O2. The number of fused-ring (bicyclic) bond motifs is 1. The number of ether oxygens (including phenoxy) is 1. The number of rotatable bonds is 2. The van der Waals surface area contributed by atoms with Crippen molar-refractivity contribution in [1.82, 2.24) is 0 Å². The van der Waals surface area contributed by atoms with Crippen molar-refractivity contribution in [2.75, 3.05) is 0 Å². The van der Waals surface area contributed by atoms with Gasteiger partial charge in [-0.15, -0.1) is 0 Å². The highest BCUT2D eigenvalue weighted by Crippen LogP contribution is 2.52. The summed E-state index contributed by atoms with van der Waals surface area (Å²) in [5.74, 6) is 0.665. The molecular weight excluding hydrogens is 188 g/mol. The van der Waals surface area contributed by atoms with E-state index in [1.807, 2.05) is 19.9 Å². The van der Waals surface area contributed by atoms with E-state index >= 15 is 0 Å².